The van der Waals surface area contributed by atoms with Crippen molar-refractivity contribution in [3.05, 3.63) is 45.5 Å². The van der Waals surface area contributed by atoms with Gasteiger partial charge in [0.2, 0.25) is 5.82 Å². The molecule has 0 atom stereocenters. The van der Waals surface area contributed by atoms with Crippen molar-refractivity contribution in [1.82, 2.24) is 30.6 Å². The molecule has 3 aromatic heterocycles. The highest BCUT2D eigenvalue weighted by Crippen LogP contribution is 2.39. The van der Waals surface area contributed by atoms with E-state index in [1.807, 2.05) is 0 Å². The minimum absolute atomic E-state index is 0.0302. The summed E-state index contributed by atoms with van der Waals surface area (Å²) in [6.45, 7) is 3.16. The molecule has 0 radical (unpaired) electrons. The standard InChI is InChI=1S/C18H14Cl2N8O4/c1-7-14(26-31-24-7)18(29)28(17-8(2)25-32-27-17)12-6-22-15(16(21)23-12)10-4-9(19)5-11(30-3)13(10)20/h4-6H,1-3H3,(H2,21,23). The smallest absolute Gasteiger partial charge is 0.289 e. The van der Waals surface area contributed by atoms with Crippen LogP contribution in [0.4, 0.5) is 17.5 Å². The molecule has 12 nitrogen and oxygen atoms in total. The molecule has 14 heteroatoms. The van der Waals surface area contributed by atoms with Gasteiger partial charge >= 0.3 is 0 Å². The van der Waals surface area contributed by atoms with Gasteiger partial charge in [0.1, 0.15) is 22.8 Å². The van der Waals surface area contributed by atoms with E-state index in [1.165, 1.54) is 13.3 Å². The minimum atomic E-state index is -0.647. The van der Waals surface area contributed by atoms with Gasteiger partial charge in [-0.2, -0.15) is 0 Å². The van der Waals surface area contributed by atoms with Crippen LogP contribution in [-0.4, -0.2) is 43.6 Å². The third-order valence-corrected chi connectivity index (χ3v) is 5.00. The number of anilines is 3. The van der Waals surface area contributed by atoms with Crippen LogP contribution in [0.25, 0.3) is 11.3 Å². The van der Waals surface area contributed by atoms with Gasteiger partial charge in [-0.15, -0.1) is 0 Å². The number of halogens is 2. The molecule has 0 saturated carbocycles. The Morgan fingerprint density at radius 2 is 1.81 bits per heavy atom. The van der Waals surface area contributed by atoms with E-state index in [0.29, 0.717) is 22.0 Å². The molecule has 4 aromatic rings. The molecule has 32 heavy (non-hydrogen) atoms. The zero-order valence-electron chi connectivity index (χ0n) is 16.8. The number of nitrogen functional groups attached to an aromatic ring is 1. The number of carbonyl (C=O) groups excluding carboxylic acids is 1. The lowest BCUT2D eigenvalue weighted by atomic mass is 10.1. The quantitative estimate of drug-likeness (QED) is 0.449. The molecular weight excluding hydrogens is 463 g/mol. The fraction of sp³-hybridized carbons (Fsp3) is 0.167. The summed E-state index contributed by atoms with van der Waals surface area (Å²) in [4.78, 5) is 23.0. The Kier molecular flexibility index (Phi) is 5.63. The van der Waals surface area contributed by atoms with Crippen molar-refractivity contribution in [2.75, 3.05) is 17.7 Å². The average Bonchev–Trinajstić information content (AvgIpc) is 3.38. The van der Waals surface area contributed by atoms with Crippen LogP contribution >= 0.6 is 23.2 Å². The third kappa shape index (κ3) is 3.69. The van der Waals surface area contributed by atoms with Crippen molar-refractivity contribution in [2.24, 2.45) is 0 Å². The molecule has 0 bridgehead atoms. The van der Waals surface area contributed by atoms with E-state index in [0.717, 1.165) is 4.90 Å². The van der Waals surface area contributed by atoms with Crippen molar-refractivity contribution < 1.29 is 18.8 Å². The number of carbonyl (C=O) groups is 1. The maximum Gasteiger partial charge on any atom is 0.289 e. The van der Waals surface area contributed by atoms with Crippen LogP contribution < -0.4 is 15.4 Å². The highest BCUT2D eigenvalue weighted by molar-refractivity contribution is 6.36. The number of nitrogens with two attached hydrogens (primary N) is 1. The van der Waals surface area contributed by atoms with Crippen LogP contribution in [0.3, 0.4) is 0 Å². The number of amides is 1. The zero-order valence-corrected chi connectivity index (χ0v) is 18.3. The van der Waals surface area contributed by atoms with Crippen molar-refractivity contribution in [3.63, 3.8) is 0 Å². The molecule has 3 heterocycles. The van der Waals surface area contributed by atoms with Gasteiger partial charge in [-0.1, -0.05) is 33.5 Å². The summed E-state index contributed by atoms with van der Waals surface area (Å²) in [5, 5.41) is 15.4. The van der Waals surface area contributed by atoms with Crippen LogP contribution in [0.5, 0.6) is 5.75 Å². The highest BCUT2D eigenvalue weighted by atomic mass is 35.5. The SMILES string of the molecule is COc1cc(Cl)cc(-c2ncc(N(C(=O)c3nonc3C)c3nonc3C)nc2N)c1Cl. The summed E-state index contributed by atoms with van der Waals surface area (Å²) in [7, 11) is 1.46. The summed E-state index contributed by atoms with van der Waals surface area (Å²) in [5.74, 6) is -0.236. The summed E-state index contributed by atoms with van der Waals surface area (Å²) < 4.78 is 14.6. The van der Waals surface area contributed by atoms with Crippen molar-refractivity contribution in [1.29, 1.82) is 0 Å². The molecule has 1 amide bonds. The predicted octanol–water partition coefficient (Wildman–Crippen LogP) is 3.40. The first-order valence-electron chi connectivity index (χ1n) is 8.90. The Bertz CT molecular complexity index is 1320. The summed E-state index contributed by atoms with van der Waals surface area (Å²) in [6, 6.07) is 3.13. The number of nitrogens with zero attached hydrogens (tertiary/aromatic N) is 7. The largest absolute Gasteiger partial charge is 0.495 e. The number of aryl methyl sites for hydroxylation is 2. The van der Waals surface area contributed by atoms with E-state index in [2.05, 4.69) is 35.2 Å². The van der Waals surface area contributed by atoms with Gasteiger partial charge in [-0.25, -0.2) is 24.1 Å². The fourth-order valence-corrected chi connectivity index (χ4v) is 3.35. The lowest BCUT2D eigenvalue weighted by Gasteiger charge is -2.19. The topological polar surface area (TPSA) is 159 Å². The first-order chi connectivity index (χ1) is 15.3. The number of hydrogen-bond acceptors (Lipinski definition) is 11. The molecule has 164 valence electrons. The first kappa shape index (κ1) is 21.5. The molecule has 0 aliphatic rings. The van der Waals surface area contributed by atoms with Crippen LogP contribution in [0.2, 0.25) is 10.0 Å². The summed E-state index contributed by atoms with van der Waals surface area (Å²) in [5.41, 5.74) is 7.35. The van der Waals surface area contributed by atoms with E-state index in [-0.39, 0.29) is 39.6 Å². The van der Waals surface area contributed by atoms with Crippen molar-refractivity contribution in [3.8, 4) is 17.0 Å². The lowest BCUT2D eigenvalue weighted by Crippen LogP contribution is -2.29. The van der Waals surface area contributed by atoms with Gasteiger partial charge in [0.05, 0.1) is 18.3 Å². The molecule has 4 rings (SSSR count). The number of benzene rings is 1. The third-order valence-electron chi connectivity index (χ3n) is 4.39. The van der Waals surface area contributed by atoms with Crippen LogP contribution in [-0.2, 0) is 0 Å². The van der Waals surface area contributed by atoms with Crippen LogP contribution in [0, 0.1) is 13.8 Å². The van der Waals surface area contributed by atoms with E-state index >= 15 is 0 Å². The van der Waals surface area contributed by atoms with E-state index in [1.54, 1.807) is 26.0 Å². The Morgan fingerprint density at radius 1 is 1.09 bits per heavy atom. The van der Waals surface area contributed by atoms with Crippen LogP contribution in [0.1, 0.15) is 21.9 Å². The Labute approximate surface area is 190 Å². The Hall–Kier alpha value is -3.77. The maximum absolute atomic E-state index is 13.2. The molecule has 0 aliphatic heterocycles. The maximum atomic E-state index is 13.2. The number of rotatable bonds is 5. The summed E-state index contributed by atoms with van der Waals surface area (Å²) in [6.07, 6.45) is 1.31. The summed E-state index contributed by atoms with van der Waals surface area (Å²) >= 11 is 12.6. The number of ether oxygens (including phenoxy) is 1. The highest BCUT2D eigenvalue weighted by Gasteiger charge is 2.31. The van der Waals surface area contributed by atoms with Gasteiger partial charge < -0.3 is 10.5 Å². The van der Waals surface area contributed by atoms with E-state index in [4.69, 9.17) is 38.3 Å². The molecule has 0 aliphatic carbocycles. The first-order valence-corrected chi connectivity index (χ1v) is 9.66. The molecule has 0 saturated heterocycles. The van der Waals surface area contributed by atoms with Gasteiger partial charge in [0.15, 0.2) is 17.3 Å². The van der Waals surface area contributed by atoms with Gasteiger partial charge in [0.25, 0.3) is 5.91 Å². The number of hydrogen-bond donors (Lipinski definition) is 1. The normalized spacial score (nSPS) is 10.9. The fourth-order valence-electron chi connectivity index (χ4n) is 2.86. The number of methoxy groups -OCH3 is 1. The number of aromatic nitrogens is 6. The molecule has 2 N–H and O–H groups in total. The minimum Gasteiger partial charge on any atom is -0.495 e. The average molecular weight is 477 g/mol. The predicted molar refractivity (Wildman–Crippen MR) is 113 cm³/mol. The second kappa shape index (κ2) is 8.40. The molecule has 1 aromatic carbocycles. The van der Waals surface area contributed by atoms with Gasteiger partial charge in [-0.3, -0.25) is 4.79 Å². The van der Waals surface area contributed by atoms with Crippen molar-refractivity contribution in [2.45, 2.75) is 13.8 Å². The lowest BCUT2D eigenvalue weighted by molar-refractivity contribution is 0.0987. The van der Waals surface area contributed by atoms with Gasteiger partial charge in [0, 0.05) is 16.7 Å². The Morgan fingerprint density at radius 3 is 2.41 bits per heavy atom. The molecular formula is C18H14Cl2N8O4. The van der Waals surface area contributed by atoms with E-state index in [9.17, 15) is 4.79 Å². The van der Waals surface area contributed by atoms with E-state index < -0.39 is 5.91 Å². The molecule has 0 spiro atoms. The second-order valence-electron chi connectivity index (χ2n) is 6.44. The molecule has 0 fully saturated rings. The zero-order chi connectivity index (χ0) is 23.0. The second-order valence-corrected chi connectivity index (χ2v) is 7.26. The molecule has 0 unspecified atom stereocenters. The van der Waals surface area contributed by atoms with Gasteiger partial charge in [-0.05, 0) is 30.2 Å². The van der Waals surface area contributed by atoms with Crippen molar-refractivity contribution >= 4 is 46.6 Å². The Balaban J connectivity index is 1.84. The monoisotopic (exact) mass is 476 g/mol. The van der Waals surface area contributed by atoms with Crippen LogP contribution in [0.15, 0.2) is 27.6 Å².